The average Bonchev–Trinajstić information content (AvgIpc) is 2.82. The number of carbonyl (C=O) groups excluding carboxylic acids is 2. The highest BCUT2D eigenvalue weighted by Crippen LogP contribution is 2.30. The number of halogens is 1. The van der Waals surface area contributed by atoms with Gasteiger partial charge in [-0.15, -0.1) is 0 Å². The molecule has 1 fully saturated rings. The van der Waals surface area contributed by atoms with E-state index < -0.39 is 11.6 Å². The van der Waals surface area contributed by atoms with E-state index in [2.05, 4.69) is 5.32 Å². The molecule has 26 heavy (non-hydrogen) atoms. The summed E-state index contributed by atoms with van der Waals surface area (Å²) in [4.78, 5) is 26.4. The second-order valence-corrected chi connectivity index (χ2v) is 7.08. The topological polar surface area (TPSA) is 58.6 Å². The number of ether oxygens (including phenoxy) is 1. The summed E-state index contributed by atoms with van der Waals surface area (Å²) < 4.78 is 5.77. The molecule has 2 aromatic rings. The number of imide groups is 1. The molecule has 1 N–H and O–H groups in total. The van der Waals surface area contributed by atoms with E-state index in [1.807, 2.05) is 32.0 Å². The first kappa shape index (κ1) is 18.3. The summed E-state index contributed by atoms with van der Waals surface area (Å²) >= 11 is 6.03. The smallest absolute Gasteiger partial charge is 0.325 e. The van der Waals surface area contributed by atoms with Crippen LogP contribution in [0.1, 0.15) is 23.6 Å². The minimum absolute atomic E-state index is 0.175. The van der Waals surface area contributed by atoms with Gasteiger partial charge in [0.2, 0.25) is 0 Å². The van der Waals surface area contributed by atoms with Gasteiger partial charge in [0.1, 0.15) is 17.9 Å². The largest absolute Gasteiger partial charge is 0.491 e. The van der Waals surface area contributed by atoms with Crippen molar-refractivity contribution in [1.29, 1.82) is 0 Å². The van der Waals surface area contributed by atoms with Crippen molar-refractivity contribution in [2.45, 2.75) is 26.3 Å². The summed E-state index contributed by atoms with van der Waals surface area (Å²) in [5.74, 6) is 0.448. The van der Waals surface area contributed by atoms with Crippen molar-refractivity contribution >= 4 is 23.5 Å². The van der Waals surface area contributed by atoms with Crippen LogP contribution in [-0.2, 0) is 10.3 Å². The second kappa shape index (κ2) is 7.00. The van der Waals surface area contributed by atoms with Crippen LogP contribution >= 0.6 is 11.6 Å². The first-order valence-corrected chi connectivity index (χ1v) is 8.79. The number of nitrogens with one attached hydrogen (secondary N) is 1. The van der Waals surface area contributed by atoms with Crippen LogP contribution in [0.4, 0.5) is 4.79 Å². The molecule has 0 aromatic heterocycles. The molecular weight excluding hydrogens is 352 g/mol. The molecule has 2 aromatic carbocycles. The standard InChI is InChI=1S/C20H21ClN2O3/c1-13-7-8-14(2)17(11-13)26-10-9-23-18(24)20(3,22-19(23)25)15-5-4-6-16(21)12-15/h4-8,11-12H,9-10H2,1-3H3,(H,22,25). The maximum absolute atomic E-state index is 12.9. The van der Waals surface area contributed by atoms with E-state index >= 15 is 0 Å². The van der Waals surface area contributed by atoms with E-state index in [1.165, 1.54) is 4.90 Å². The van der Waals surface area contributed by atoms with Crippen molar-refractivity contribution in [2.75, 3.05) is 13.2 Å². The zero-order valence-electron chi connectivity index (χ0n) is 15.0. The normalized spacial score (nSPS) is 19.6. The molecule has 1 aliphatic rings. The van der Waals surface area contributed by atoms with Crippen molar-refractivity contribution < 1.29 is 14.3 Å². The molecule has 0 radical (unpaired) electrons. The van der Waals surface area contributed by atoms with Gasteiger partial charge < -0.3 is 10.1 Å². The van der Waals surface area contributed by atoms with Crippen molar-refractivity contribution in [3.63, 3.8) is 0 Å². The fraction of sp³-hybridized carbons (Fsp3) is 0.300. The van der Waals surface area contributed by atoms with Crippen LogP contribution < -0.4 is 10.1 Å². The van der Waals surface area contributed by atoms with Crippen molar-refractivity contribution in [2.24, 2.45) is 0 Å². The molecule has 1 heterocycles. The Balaban J connectivity index is 1.70. The average molecular weight is 373 g/mol. The van der Waals surface area contributed by atoms with Crippen molar-refractivity contribution in [3.05, 3.63) is 64.2 Å². The van der Waals surface area contributed by atoms with Gasteiger partial charge in [-0.1, -0.05) is 35.9 Å². The fourth-order valence-corrected chi connectivity index (χ4v) is 3.20. The fourth-order valence-electron chi connectivity index (χ4n) is 3.00. The number of hydrogen-bond acceptors (Lipinski definition) is 3. The molecular formula is C20H21ClN2O3. The first-order chi connectivity index (χ1) is 12.3. The highest BCUT2D eigenvalue weighted by atomic mass is 35.5. The number of nitrogens with zero attached hydrogens (tertiary/aromatic N) is 1. The lowest BCUT2D eigenvalue weighted by molar-refractivity contribution is -0.131. The van der Waals surface area contributed by atoms with E-state index in [0.29, 0.717) is 10.6 Å². The quantitative estimate of drug-likeness (QED) is 0.812. The first-order valence-electron chi connectivity index (χ1n) is 8.41. The minimum Gasteiger partial charge on any atom is -0.491 e. The number of amides is 3. The molecule has 0 aliphatic carbocycles. The lowest BCUT2D eigenvalue weighted by Crippen LogP contribution is -2.41. The Morgan fingerprint density at radius 2 is 1.92 bits per heavy atom. The van der Waals surface area contributed by atoms with Crippen LogP contribution in [0.15, 0.2) is 42.5 Å². The molecule has 1 atom stereocenters. The van der Waals surface area contributed by atoms with E-state index in [9.17, 15) is 9.59 Å². The number of aryl methyl sites for hydroxylation is 2. The molecule has 3 amide bonds. The maximum atomic E-state index is 12.9. The van der Waals surface area contributed by atoms with E-state index in [4.69, 9.17) is 16.3 Å². The number of urea groups is 1. The number of hydrogen-bond donors (Lipinski definition) is 1. The Morgan fingerprint density at radius 3 is 2.65 bits per heavy atom. The minimum atomic E-state index is -1.12. The molecule has 0 bridgehead atoms. The second-order valence-electron chi connectivity index (χ2n) is 6.64. The predicted octanol–water partition coefficient (Wildman–Crippen LogP) is 3.80. The summed E-state index contributed by atoms with van der Waals surface area (Å²) in [5, 5.41) is 3.28. The van der Waals surface area contributed by atoms with Crippen LogP contribution in [0.5, 0.6) is 5.75 Å². The molecule has 0 saturated carbocycles. The van der Waals surface area contributed by atoms with E-state index in [0.717, 1.165) is 16.9 Å². The predicted molar refractivity (Wildman–Crippen MR) is 100 cm³/mol. The van der Waals surface area contributed by atoms with E-state index in [-0.39, 0.29) is 19.1 Å². The van der Waals surface area contributed by atoms with Gasteiger partial charge in [-0.2, -0.15) is 0 Å². The van der Waals surface area contributed by atoms with Gasteiger partial charge >= 0.3 is 6.03 Å². The third kappa shape index (κ3) is 3.40. The zero-order valence-corrected chi connectivity index (χ0v) is 15.8. The Bertz CT molecular complexity index is 868. The third-order valence-electron chi connectivity index (χ3n) is 4.59. The summed E-state index contributed by atoms with van der Waals surface area (Å²) in [5.41, 5.74) is 1.63. The summed E-state index contributed by atoms with van der Waals surface area (Å²) in [6, 6.07) is 12.5. The lowest BCUT2D eigenvalue weighted by Gasteiger charge is -2.22. The van der Waals surface area contributed by atoms with Gasteiger partial charge in [-0.3, -0.25) is 9.69 Å². The van der Waals surface area contributed by atoms with Crippen molar-refractivity contribution in [1.82, 2.24) is 10.2 Å². The van der Waals surface area contributed by atoms with Gasteiger partial charge in [0, 0.05) is 5.02 Å². The zero-order chi connectivity index (χ0) is 18.9. The maximum Gasteiger partial charge on any atom is 0.325 e. The highest BCUT2D eigenvalue weighted by Gasteiger charge is 2.48. The van der Waals surface area contributed by atoms with Gasteiger partial charge in [0.05, 0.1) is 6.54 Å². The molecule has 1 aliphatic heterocycles. The van der Waals surface area contributed by atoms with Gasteiger partial charge in [0.25, 0.3) is 5.91 Å². The molecule has 3 rings (SSSR count). The lowest BCUT2D eigenvalue weighted by atomic mass is 9.92. The van der Waals surface area contributed by atoms with Gasteiger partial charge in [0.15, 0.2) is 0 Å². The number of carbonyl (C=O) groups is 2. The number of benzene rings is 2. The molecule has 5 nitrogen and oxygen atoms in total. The molecule has 1 saturated heterocycles. The van der Waals surface area contributed by atoms with Gasteiger partial charge in [-0.25, -0.2) is 4.79 Å². The third-order valence-corrected chi connectivity index (χ3v) is 4.83. The summed E-state index contributed by atoms with van der Waals surface area (Å²) in [6.45, 7) is 6.03. The molecule has 6 heteroatoms. The molecule has 0 spiro atoms. The highest BCUT2D eigenvalue weighted by molar-refractivity contribution is 6.30. The van der Waals surface area contributed by atoms with Gasteiger partial charge in [-0.05, 0) is 55.7 Å². The molecule has 136 valence electrons. The van der Waals surface area contributed by atoms with Crippen LogP contribution in [0.3, 0.4) is 0 Å². The Morgan fingerprint density at radius 1 is 1.15 bits per heavy atom. The van der Waals surface area contributed by atoms with Crippen LogP contribution in [0.2, 0.25) is 5.02 Å². The SMILES string of the molecule is Cc1ccc(C)c(OCCN2C(=O)NC(C)(c3cccc(Cl)c3)C2=O)c1. The Kier molecular flexibility index (Phi) is 4.92. The van der Waals surface area contributed by atoms with Crippen molar-refractivity contribution in [3.8, 4) is 5.75 Å². The number of rotatable bonds is 5. The van der Waals surface area contributed by atoms with Crippen LogP contribution in [0, 0.1) is 13.8 Å². The monoisotopic (exact) mass is 372 g/mol. The summed E-state index contributed by atoms with van der Waals surface area (Å²) in [6.07, 6.45) is 0. The van der Waals surface area contributed by atoms with Crippen LogP contribution in [0.25, 0.3) is 0 Å². The van der Waals surface area contributed by atoms with Crippen LogP contribution in [-0.4, -0.2) is 30.0 Å². The summed E-state index contributed by atoms with van der Waals surface area (Å²) in [7, 11) is 0. The Hall–Kier alpha value is -2.53. The Labute approximate surface area is 157 Å². The van der Waals surface area contributed by atoms with E-state index in [1.54, 1.807) is 31.2 Å². The molecule has 1 unspecified atom stereocenters.